The number of hydrogen-bond donors (Lipinski definition) is 3. The second-order valence-corrected chi connectivity index (χ2v) is 20.9. The maximum atomic E-state index is 14.7. The molecule has 4 aromatic rings. The Bertz CT molecular complexity index is 2490. The van der Waals surface area contributed by atoms with E-state index in [1.807, 2.05) is 31.5 Å². The van der Waals surface area contributed by atoms with Crippen molar-refractivity contribution in [2.24, 2.45) is 11.3 Å². The summed E-state index contributed by atoms with van der Waals surface area (Å²) in [5.74, 6) is -1.41. The van der Waals surface area contributed by atoms with Crippen molar-refractivity contribution in [3.8, 4) is 22.5 Å². The number of likely N-dealkylation sites (N-methyl/N-ethyl adjacent to an activating group) is 2. The summed E-state index contributed by atoms with van der Waals surface area (Å²) in [7, 11) is 3.32. The quantitative estimate of drug-likeness (QED) is 0.149. The maximum absolute atomic E-state index is 14.7. The minimum Gasteiger partial charge on any atom is -0.464 e. The predicted octanol–water partition coefficient (Wildman–Crippen LogP) is 5.20. The van der Waals surface area contributed by atoms with E-state index < -0.39 is 41.3 Å². The lowest BCUT2D eigenvalue weighted by Crippen LogP contribution is -2.62. The number of aryl methyl sites for hydroxylation is 1. The van der Waals surface area contributed by atoms with Crippen LogP contribution < -0.4 is 16.1 Å². The van der Waals surface area contributed by atoms with Crippen LogP contribution in [0.4, 0.5) is 4.79 Å². The number of rotatable bonds is 9. The highest BCUT2D eigenvalue weighted by atomic mass is 32.1. The van der Waals surface area contributed by atoms with Crippen molar-refractivity contribution in [1.82, 2.24) is 50.3 Å². The molecular formula is C49H66N10O6S. The Hall–Kier alpha value is -5.39. The number of hydrazine groups is 1. The molecular weight excluding hydrogens is 857 g/mol. The lowest BCUT2D eigenvalue weighted by molar-refractivity contribution is -0.155. The van der Waals surface area contributed by atoms with Gasteiger partial charge in [-0.15, -0.1) is 11.3 Å². The number of benzene rings is 1. The van der Waals surface area contributed by atoms with Crippen LogP contribution in [-0.4, -0.2) is 141 Å². The topological polar surface area (TPSA) is 184 Å². The number of amides is 5. The summed E-state index contributed by atoms with van der Waals surface area (Å²) < 4.78 is 8.48. The smallest absolute Gasteiger partial charge is 0.324 e. The number of aromatic nitrogens is 3. The number of thiazole rings is 1. The number of nitrogens with zero attached hydrogens (tertiary/aromatic N) is 7. The van der Waals surface area contributed by atoms with E-state index in [-0.39, 0.29) is 48.9 Å². The van der Waals surface area contributed by atoms with Gasteiger partial charge in [0.15, 0.2) is 0 Å². The molecule has 1 aromatic carbocycles. The average Bonchev–Trinajstić information content (AvgIpc) is 3.70. The molecule has 4 aliphatic rings. The predicted molar refractivity (Wildman–Crippen MR) is 254 cm³/mol. The molecule has 5 atom stereocenters. The standard InChI is InChI=1S/C49H66N10O6S/c1-10-58-39-16-15-30-21-33(39)34(43(58)32-13-11-18-50-41(32)28(2)3)23-49(6,7)27-65-47(63)35-14-12-19-59(54-35)46(62)36(22-40-52-38(30)26-66-40)53-44(60)42(29(4)5)56(9)48(64)55(8)31-17-20-57(25-31)45(61)37-24-51-37/h11,13,15-16,18,21,26,28-29,31,35-37,42,51,54H,10,12,14,17,19-20,22-25,27H2,1-9H3,(H,53,60)/t31-,35-,36-,37+,42-/m0/s1. The van der Waals surface area contributed by atoms with Crippen LogP contribution in [0.3, 0.4) is 0 Å². The summed E-state index contributed by atoms with van der Waals surface area (Å²) in [5, 5.41) is 11.3. The fourth-order valence-electron chi connectivity index (χ4n) is 10.0. The Labute approximate surface area is 391 Å². The zero-order chi connectivity index (χ0) is 47.2. The summed E-state index contributed by atoms with van der Waals surface area (Å²) in [6, 6.07) is 7.13. The van der Waals surface area contributed by atoms with Crippen molar-refractivity contribution in [3.05, 3.63) is 58.2 Å². The maximum Gasteiger partial charge on any atom is 0.324 e. The number of carbonyl (C=O) groups is 5. The normalized spacial score (nSPS) is 22.6. The minimum atomic E-state index is -1.07. The second-order valence-electron chi connectivity index (χ2n) is 19.9. The van der Waals surface area contributed by atoms with Gasteiger partial charge in [0.25, 0.3) is 5.91 Å². The van der Waals surface area contributed by atoms with Gasteiger partial charge in [0, 0.05) is 92.3 Å². The van der Waals surface area contributed by atoms with Crippen LogP contribution in [-0.2, 0) is 43.3 Å². The molecule has 3 fully saturated rings. The molecule has 0 spiro atoms. The van der Waals surface area contributed by atoms with Crippen LogP contribution in [0, 0.1) is 11.3 Å². The molecule has 0 saturated carbocycles. The fraction of sp³-hybridized carbons (Fsp3) is 0.571. The monoisotopic (exact) mass is 922 g/mol. The van der Waals surface area contributed by atoms with Gasteiger partial charge in [0.1, 0.15) is 18.1 Å². The van der Waals surface area contributed by atoms with Crippen molar-refractivity contribution < 1.29 is 28.7 Å². The molecule has 3 aromatic heterocycles. The lowest BCUT2D eigenvalue weighted by atomic mass is 9.84. The summed E-state index contributed by atoms with van der Waals surface area (Å²) >= 11 is 1.42. The summed E-state index contributed by atoms with van der Waals surface area (Å²) in [6.45, 7) is 17.3. The Balaban J connectivity index is 1.12. The van der Waals surface area contributed by atoms with E-state index in [4.69, 9.17) is 14.7 Å². The SMILES string of the molecule is CCn1c(-c2cccnc2C(C)C)c2c3cc(ccc31)-c1csc(n1)C[C@H](NC(=O)[C@H](C(C)C)N(C)C(=O)N(C)[C@H]1CCN(C(=O)[C@H]3CN3)C1)C(=O)N1CCC[C@H](N1)C(=O)OCC(C)(C)C2. The minimum absolute atomic E-state index is 0.0520. The number of pyridine rings is 1. The van der Waals surface area contributed by atoms with E-state index >= 15 is 0 Å². The van der Waals surface area contributed by atoms with Crippen LogP contribution in [0.5, 0.6) is 0 Å². The van der Waals surface area contributed by atoms with E-state index in [1.54, 1.807) is 23.9 Å². The first kappa shape index (κ1) is 47.1. The van der Waals surface area contributed by atoms with Crippen LogP contribution in [0.1, 0.15) is 89.9 Å². The number of carbonyl (C=O) groups excluding carboxylic acids is 5. The van der Waals surface area contributed by atoms with Gasteiger partial charge < -0.3 is 34.6 Å². The van der Waals surface area contributed by atoms with Crippen molar-refractivity contribution in [2.75, 3.05) is 46.9 Å². The Morgan fingerprint density at radius 3 is 2.56 bits per heavy atom. The summed E-state index contributed by atoms with van der Waals surface area (Å²) in [4.78, 5) is 84.7. The van der Waals surface area contributed by atoms with Gasteiger partial charge in [-0.25, -0.2) is 15.2 Å². The van der Waals surface area contributed by atoms with Gasteiger partial charge in [-0.3, -0.25) is 29.2 Å². The second kappa shape index (κ2) is 19.1. The van der Waals surface area contributed by atoms with E-state index in [0.29, 0.717) is 56.9 Å². The van der Waals surface area contributed by atoms with Crippen LogP contribution in [0.15, 0.2) is 41.9 Å². The first-order valence-electron chi connectivity index (χ1n) is 23.6. The highest BCUT2D eigenvalue weighted by Crippen LogP contribution is 2.42. The lowest BCUT2D eigenvalue weighted by Gasteiger charge is -2.37. The third-order valence-corrected chi connectivity index (χ3v) is 14.5. The Morgan fingerprint density at radius 2 is 1.85 bits per heavy atom. The third kappa shape index (κ3) is 9.56. The molecule has 16 nitrogen and oxygen atoms in total. The zero-order valence-corrected chi connectivity index (χ0v) is 40.7. The first-order valence-corrected chi connectivity index (χ1v) is 24.5. The Kier molecular flexibility index (Phi) is 13.6. The molecule has 4 aliphatic heterocycles. The molecule has 17 heteroatoms. The zero-order valence-electron chi connectivity index (χ0n) is 39.8. The van der Waals surface area contributed by atoms with Gasteiger partial charge in [-0.1, -0.05) is 47.6 Å². The molecule has 7 heterocycles. The van der Waals surface area contributed by atoms with E-state index in [1.165, 1.54) is 21.2 Å². The van der Waals surface area contributed by atoms with Gasteiger partial charge in [0.2, 0.25) is 11.8 Å². The molecule has 354 valence electrons. The molecule has 3 N–H and O–H groups in total. The number of hydrogen-bond acceptors (Lipinski definition) is 11. The summed E-state index contributed by atoms with van der Waals surface area (Å²) in [6.07, 6.45) is 4.22. The molecule has 3 saturated heterocycles. The molecule has 0 radical (unpaired) electrons. The Morgan fingerprint density at radius 1 is 1.08 bits per heavy atom. The summed E-state index contributed by atoms with van der Waals surface area (Å²) in [5.41, 5.74) is 9.80. The molecule has 6 bridgehead atoms. The highest BCUT2D eigenvalue weighted by molar-refractivity contribution is 7.10. The van der Waals surface area contributed by atoms with Crippen LogP contribution >= 0.6 is 11.3 Å². The molecule has 0 aliphatic carbocycles. The van der Waals surface area contributed by atoms with Crippen molar-refractivity contribution in [3.63, 3.8) is 0 Å². The van der Waals surface area contributed by atoms with Crippen LogP contribution in [0.25, 0.3) is 33.4 Å². The number of cyclic esters (lactones) is 1. The number of likely N-dealkylation sites (tertiary alicyclic amines) is 1. The highest BCUT2D eigenvalue weighted by Gasteiger charge is 2.42. The first-order chi connectivity index (χ1) is 31.5. The molecule has 8 rings (SSSR count). The van der Waals surface area contributed by atoms with Gasteiger partial charge in [-0.05, 0) is 74.3 Å². The van der Waals surface area contributed by atoms with Gasteiger partial charge >= 0.3 is 12.0 Å². The molecule has 5 amide bonds. The molecule has 66 heavy (non-hydrogen) atoms. The fourth-order valence-corrected chi connectivity index (χ4v) is 10.9. The number of ether oxygens (including phenoxy) is 1. The average molecular weight is 923 g/mol. The van der Waals surface area contributed by atoms with E-state index in [0.717, 1.165) is 51.2 Å². The number of fused-ring (bicyclic) bond motifs is 6. The largest absolute Gasteiger partial charge is 0.464 e. The molecule has 0 unspecified atom stereocenters. The van der Waals surface area contributed by atoms with Gasteiger partial charge in [0.05, 0.1) is 40.8 Å². The van der Waals surface area contributed by atoms with E-state index in [2.05, 4.69) is 79.5 Å². The number of esters is 1. The number of urea groups is 1. The third-order valence-electron chi connectivity index (χ3n) is 13.6. The van der Waals surface area contributed by atoms with E-state index in [9.17, 15) is 24.0 Å². The number of nitrogens with one attached hydrogen (secondary N) is 3. The van der Waals surface area contributed by atoms with Crippen LogP contribution in [0.2, 0.25) is 0 Å². The van der Waals surface area contributed by atoms with Crippen molar-refractivity contribution in [2.45, 2.75) is 123 Å². The van der Waals surface area contributed by atoms with Crippen molar-refractivity contribution >= 4 is 52.0 Å². The van der Waals surface area contributed by atoms with Crippen molar-refractivity contribution in [1.29, 1.82) is 0 Å². The van der Waals surface area contributed by atoms with Gasteiger partial charge in [-0.2, -0.15) is 0 Å².